The molecule has 154 valence electrons. The van der Waals surface area contributed by atoms with E-state index in [-0.39, 0.29) is 24.9 Å². The van der Waals surface area contributed by atoms with Crippen molar-refractivity contribution in [3.63, 3.8) is 0 Å². The fourth-order valence-corrected chi connectivity index (χ4v) is 2.98. The maximum absolute atomic E-state index is 13.4. The monoisotopic (exact) mass is 420 g/mol. The van der Waals surface area contributed by atoms with Gasteiger partial charge in [-0.3, -0.25) is 14.4 Å². The number of aromatic hydroxyl groups is 1. The Bertz CT molecular complexity index is 882. The Kier molecular flexibility index (Phi) is 8.02. The highest BCUT2D eigenvalue weighted by atomic mass is 32.1. The molecule has 1 aliphatic carbocycles. The van der Waals surface area contributed by atoms with Gasteiger partial charge >= 0.3 is 5.97 Å². The number of hydrogen-bond donors (Lipinski definition) is 4. The minimum Gasteiger partial charge on any atom is -0.507 e. The number of benzene rings is 1. The van der Waals surface area contributed by atoms with Crippen molar-refractivity contribution >= 4 is 34.9 Å². The number of phenolic OH excluding ortho intramolecular Hbond substituents is 1. The Balaban J connectivity index is 2.01. The molecule has 2 amide bonds. The molecule has 0 saturated carbocycles. The SMILES string of the molecule is O=C(O)CC[C@H](NC(=O)c1cc(F)ccc1O)C(=O)NCCC1=CC=CCC1=S. The van der Waals surface area contributed by atoms with Crippen LogP contribution in [0, 0.1) is 5.82 Å². The number of allylic oxidation sites excluding steroid dienone is 3. The Morgan fingerprint density at radius 2 is 2.03 bits per heavy atom. The first kappa shape index (κ1) is 22.2. The number of carbonyl (C=O) groups is 3. The van der Waals surface area contributed by atoms with Crippen molar-refractivity contribution in [1.29, 1.82) is 0 Å². The van der Waals surface area contributed by atoms with Crippen LogP contribution >= 0.6 is 12.2 Å². The molecule has 2 rings (SSSR count). The van der Waals surface area contributed by atoms with E-state index in [1.165, 1.54) is 0 Å². The van der Waals surface area contributed by atoms with E-state index in [0.29, 0.717) is 12.8 Å². The molecule has 0 aromatic heterocycles. The molecule has 0 unspecified atom stereocenters. The molecular weight excluding hydrogens is 399 g/mol. The van der Waals surface area contributed by atoms with Gasteiger partial charge in [0.15, 0.2) is 0 Å². The van der Waals surface area contributed by atoms with Crippen LogP contribution < -0.4 is 10.6 Å². The number of phenols is 1. The van der Waals surface area contributed by atoms with Gasteiger partial charge in [-0.1, -0.05) is 30.4 Å². The normalized spacial score (nSPS) is 14.1. The Morgan fingerprint density at radius 3 is 2.72 bits per heavy atom. The van der Waals surface area contributed by atoms with Gasteiger partial charge in [-0.25, -0.2) is 4.39 Å². The number of rotatable bonds is 9. The number of halogens is 1. The summed E-state index contributed by atoms with van der Waals surface area (Å²) >= 11 is 5.25. The number of amides is 2. The average molecular weight is 420 g/mol. The summed E-state index contributed by atoms with van der Waals surface area (Å²) in [6, 6.07) is 1.68. The van der Waals surface area contributed by atoms with Gasteiger partial charge in [0.2, 0.25) is 5.91 Å². The summed E-state index contributed by atoms with van der Waals surface area (Å²) in [5, 5.41) is 23.6. The summed E-state index contributed by atoms with van der Waals surface area (Å²) in [6.45, 7) is 0.253. The number of carboxylic acid groups (broad SMARTS) is 1. The van der Waals surface area contributed by atoms with Crippen LogP contribution in [0.5, 0.6) is 5.75 Å². The molecule has 0 spiro atoms. The third-order valence-electron chi connectivity index (χ3n) is 4.26. The van der Waals surface area contributed by atoms with E-state index in [0.717, 1.165) is 28.6 Å². The predicted octanol–water partition coefficient (Wildman–Crippen LogP) is 2.26. The van der Waals surface area contributed by atoms with Gasteiger partial charge in [-0.15, -0.1) is 0 Å². The van der Waals surface area contributed by atoms with E-state index in [1.807, 2.05) is 18.2 Å². The summed E-state index contributed by atoms with van der Waals surface area (Å²) in [5.41, 5.74) is 0.584. The summed E-state index contributed by atoms with van der Waals surface area (Å²) < 4.78 is 13.4. The highest BCUT2D eigenvalue weighted by Crippen LogP contribution is 2.18. The topological polar surface area (TPSA) is 116 Å². The lowest BCUT2D eigenvalue weighted by Crippen LogP contribution is -2.47. The fourth-order valence-electron chi connectivity index (χ4n) is 2.71. The van der Waals surface area contributed by atoms with Crippen molar-refractivity contribution in [2.45, 2.75) is 31.7 Å². The van der Waals surface area contributed by atoms with Crippen LogP contribution in [0.4, 0.5) is 4.39 Å². The molecule has 9 heteroatoms. The maximum atomic E-state index is 13.4. The van der Waals surface area contributed by atoms with Crippen LogP contribution in [0.25, 0.3) is 0 Å². The number of carbonyl (C=O) groups excluding carboxylic acids is 2. The summed E-state index contributed by atoms with van der Waals surface area (Å²) in [5.74, 6) is -3.77. The number of thiocarbonyl (C=S) groups is 1. The molecule has 0 radical (unpaired) electrons. The molecule has 1 atom stereocenters. The summed E-state index contributed by atoms with van der Waals surface area (Å²) in [6.07, 6.45) is 6.34. The second-order valence-corrected chi connectivity index (χ2v) is 6.90. The Morgan fingerprint density at radius 1 is 1.28 bits per heavy atom. The third-order valence-corrected chi connectivity index (χ3v) is 4.69. The third kappa shape index (κ3) is 6.79. The molecule has 1 aromatic rings. The minimum atomic E-state index is -1.16. The first-order valence-corrected chi connectivity index (χ1v) is 9.36. The number of nitrogens with one attached hydrogen (secondary N) is 2. The zero-order valence-electron chi connectivity index (χ0n) is 15.5. The van der Waals surface area contributed by atoms with Crippen molar-refractivity contribution in [3.8, 4) is 5.75 Å². The quantitative estimate of drug-likeness (QED) is 0.456. The summed E-state index contributed by atoms with van der Waals surface area (Å²) in [4.78, 5) is 36.5. The minimum absolute atomic E-state index is 0.160. The van der Waals surface area contributed by atoms with Crippen LogP contribution in [0.2, 0.25) is 0 Å². The van der Waals surface area contributed by atoms with E-state index >= 15 is 0 Å². The molecule has 4 N–H and O–H groups in total. The van der Waals surface area contributed by atoms with Gasteiger partial charge in [0, 0.05) is 24.3 Å². The van der Waals surface area contributed by atoms with Crippen molar-refractivity contribution in [2.24, 2.45) is 0 Å². The van der Waals surface area contributed by atoms with E-state index in [9.17, 15) is 23.9 Å². The van der Waals surface area contributed by atoms with Gasteiger partial charge < -0.3 is 20.8 Å². The molecular formula is C20H21FN2O5S. The predicted molar refractivity (Wildman–Crippen MR) is 108 cm³/mol. The second-order valence-electron chi connectivity index (χ2n) is 6.41. The van der Waals surface area contributed by atoms with Gasteiger partial charge in [-0.05, 0) is 36.6 Å². The zero-order chi connectivity index (χ0) is 21.4. The molecule has 0 saturated heterocycles. The average Bonchev–Trinajstić information content (AvgIpc) is 2.68. The van der Waals surface area contributed by atoms with Crippen LogP contribution in [-0.2, 0) is 9.59 Å². The second kappa shape index (κ2) is 10.5. The first-order chi connectivity index (χ1) is 13.8. The zero-order valence-corrected chi connectivity index (χ0v) is 16.3. The van der Waals surface area contributed by atoms with Crippen LogP contribution in [-0.4, -0.2) is 45.4 Å². The number of aliphatic carboxylic acids is 1. The summed E-state index contributed by atoms with van der Waals surface area (Å²) in [7, 11) is 0. The van der Waals surface area contributed by atoms with Crippen molar-refractivity contribution in [3.05, 3.63) is 53.4 Å². The van der Waals surface area contributed by atoms with E-state index in [2.05, 4.69) is 10.6 Å². The lowest BCUT2D eigenvalue weighted by molar-refractivity contribution is -0.137. The van der Waals surface area contributed by atoms with Crippen LogP contribution in [0.15, 0.2) is 42.0 Å². The Labute approximate surface area is 172 Å². The molecule has 1 aliphatic rings. The lowest BCUT2D eigenvalue weighted by atomic mass is 10.0. The molecule has 1 aromatic carbocycles. The van der Waals surface area contributed by atoms with Gasteiger partial charge in [0.25, 0.3) is 5.91 Å². The van der Waals surface area contributed by atoms with Gasteiger partial charge in [0.1, 0.15) is 17.6 Å². The Hall–Kier alpha value is -3.07. The molecule has 0 bridgehead atoms. The van der Waals surface area contributed by atoms with E-state index in [4.69, 9.17) is 17.3 Å². The standard InChI is InChI=1S/C20H21FN2O5S/c21-13-5-7-16(24)14(11-13)19(27)23-15(6-8-18(25)26)20(28)22-10-9-12-3-1-2-4-17(12)29/h1-3,5,7,11,15,24H,4,6,8-10H2,(H,22,28)(H,23,27)(H,25,26)/t15-/m0/s1. The maximum Gasteiger partial charge on any atom is 0.303 e. The number of carboxylic acids is 1. The molecule has 0 aliphatic heterocycles. The molecule has 29 heavy (non-hydrogen) atoms. The molecule has 0 heterocycles. The van der Waals surface area contributed by atoms with Crippen molar-refractivity contribution in [1.82, 2.24) is 10.6 Å². The highest BCUT2D eigenvalue weighted by Gasteiger charge is 2.24. The smallest absolute Gasteiger partial charge is 0.303 e. The molecule has 0 fully saturated rings. The largest absolute Gasteiger partial charge is 0.507 e. The fraction of sp³-hybridized carbons (Fsp3) is 0.300. The lowest BCUT2D eigenvalue weighted by Gasteiger charge is -2.19. The van der Waals surface area contributed by atoms with Crippen molar-refractivity contribution in [2.75, 3.05) is 6.54 Å². The number of hydrogen-bond acceptors (Lipinski definition) is 5. The highest BCUT2D eigenvalue weighted by molar-refractivity contribution is 7.80. The van der Waals surface area contributed by atoms with E-state index in [1.54, 1.807) is 0 Å². The van der Waals surface area contributed by atoms with Crippen molar-refractivity contribution < 1.29 is 29.0 Å². The first-order valence-electron chi connectivity index (χ1n) is 8.95. The van der Waals surface area contributed by atoms with Gasteiger partial charge in [0.05, 0.1) is 5.56 Å². The van der Waals surface area contributed by atoms with E-state index < -0.39 is 35.4 Å². The molecule has 7 nitrogen and oxygen atoms in total. The van der Waals surface area contributed by atoms with Gasteiger partial charge in [-0.2, -0.15) is 0 Å². The van der Waals surface area contributed by atoms with Crippen LogP contribution in [0.1, 0.15) is 36.0 Å². The van der Waals surface area contributed by atoms with Crippen LogP contribution in [0.3, 0.4) is 0 Å².